The van der Waals surface area contributed by atoms with E-state index in [1.165, 1.54) is 0 Å². The second-order valence-electron chi connectivity index (χ2n) is 11.3. The van der Waals surface area contributed by atoms with E-state index in [0.29, 0.717) is 28.5 Å². The molecule has 4 heterocycles. The molecule has 0 N–H and O–H groups in total. The van der Waals surface area contributed by atoms with Crippen molar-refractivity contribution in [2.45, 2.75) is 0 Å². The molecule has 5 aromatic carbocycles. The molecular formula is C36H22N2O6. The summed E-state index contributed by atoms with van der Waals surface area (Å²) in [4.78, 5) is 20.9. The maximum Gasteiger partial charge on any atom is 0.231 e. The zero-order valence-electron chi connectivity index (χ0n) is 23.7. The summed E-state index contributed by atoms with van der Waals surface area (Å²) < 4.78 is 30.0. The molecule has 0 bridgehead atoms. The van der Waals surface area contributed by atoms with Crippen LogP contribution in [-0.4, -0.2) is 38.5 Å². The Balaban J connectivity index is 1.44. The van der Waals surface area contributed by atoms with E-state index in [9.17, 15) is 4.79 Å². The molecule has 4 aliphatic rings. The molecule has 212 valence electrons. The van der Waals surface area contributed by atoms with Crippen molar-refractivity contribution in [3.8, 4) is 51.0 Å². The Hall–Kier alpha value is -5.76. The van der Waals surface area contributed by atoms with Crippen molar-refractivity contribution in [3.05, 3.63) is 83.8 Å². The molecule has 1 aromatic heterocycles. The molecule has 44 heavy (non-hydrogen) atoms. The number of fused-ring (bicyclic) bond motifs is 8. The molecule has 0 saturated carbocycles. The summed E-state index contributed by atoms with van der Waals surface area (Å²) in [6.07, 6.45) is 5.96. The summed E-state index contributed by atoms with van der Waals surface area (Å²) in [5, 5.41) is 5.50. The number of benzene rings is 5. The molecule has 0 atom stereocenters. The van der Waals surface area contributed by atoms with Gasteiger partial charge in [-0.2, -0.15) is 0 Å². The first kappa shape index (κ1) is 23.8. The van der Waals surface area contributed by atoms with E-state index in [2.05, 4.69) is 23.2 Å². The van der Waals surface area contributed by atoms with Gasteiger partial charge in [0, 0.05) is 63.2 Å². The van der Waals surface area contributed by atoms with Gasteiger partial charge in [-0.25, -0.2) is 0 Å². The fourth-order valence-corrected chi connectivity index (χ4v) is 7.42. The molecule has 1 aliphatic carbocycles. The Morgan fingerprint density at radius 1 is 0.773 bits per heavy atom. The summed E-state index contributed by atoms with van der Waals surface area (Å²) in [7, 11) is 3.72. The first-order valence-corrected chi connectivity index (χ1v) is 14.3. The van der Waals surface area contributed by atoms with Crippen LogP contribution < -0.4 is 28.6 Å². The van der Waals surface area contributed by atoms with E-state index in [-0.39, 0.29) is 19.4 Å². The number of anilines is 1. The van der Waals surface area contributed by atoms with Crippen molar-refractivity contribution in [1.82, 2.24) is 4.98 Å². The van der Waals surface area contributed by atoms with Crippen molar-refractivity contribution in [3.63, 3.8) is 0 Å². The highest BCUT2D eigenvalue weighted by atomic mass is 16.7. The van der Waals surface area contributed by atoms with E-state index in [1.54, 1.807) is 7.11 Å². The summed E-state index contributed by atoms with van der Waals surface area (Å²) in [6.45, 7) is 0.270. The lowest BCUT2D eigenvalue weighted by molar-refractivity contribution is 0.103. The van der Waals surface area contributed by atoms with Crippen molar-refractivity contribution < 1.29 is 28.5 Å². The number of ketones is 1. The number of methoxy groups -OCH3 is 1. The van der Waals surface area contributed by atoms with Crippen LogP contribution in [0.2, 0.25) is 0 Å². The number of hydrogen-bond acceptors (Lipinski definition) is 8. The molecule has 0 spiro atoms. The number of carbonyl (C=O) groups excluding carboxylic acids is 1. The zero-order chi connectivity index (χ0) is 29.3. The van der Waals surface area contributed by atoms with E-state index in [4.69, 9.17) is 28.7 Å². The fourth-order valence-electron chi connectivity index (χ4n) is 7.42. The minimum absolute atomic E-state index is 0.106. The van der Waals surface area contributed by atoms with Crippen LogP contribution in [0.4, 0.5) is 5.69 Å². The summed E-state index contributed by atoms with van der Waals surface area (Å²) in [5.74, 6) is 3.31. The standard InChI is InChI=1S/C36H22N2O6/c1-38-11-10-17-12-24-35(43-15-41-24)31-20-8-5-9-23(40-2)27(20)29(33(38)26(17)31)22-14-37-32-28-21(22)13-25-36(44-16-42-25)30(28)18-6-3-4-7-19(18)34(32)39/h3-14H,15-16H2,1-2H3. The number of rotatable bonds is 2. The molecule has 8 heteroatoms. The molecule has 0 saturated heterocycles. The van der Waals surface area contributed by atoms with Crippen molar-refractivity contribution in [1.29, 1.82) is 0 Å². The zero-order valence-corrected chi connectivity index (χ0v) is 23.7. The van der Waals surface area contributed by atoms with Crippen molar-refractivity contribution >= 4 is 49.9 Å². The van der Waals surface area contributed by atoms with Gasteiger partial charge in [-0.1, -0.05) is 36.4 Å². The predicted molar refractivity (Wildman–Crippen MR) is 167 cm³/mol. The number of pyridine rings is 1. The highest BCUT2D eigenvalue weighted by Gasteiger charge is 2.36. The Morgan fingerprint density at radius 2 is 1.57 bits per heavy atom. The van der Waals surface area contributed by atoms with Gasteiger partial charge in [0.2, 0.25) is 19.4 Å². The molecule has 0 fully saturated rings. The van der Waals surface area contributed by atoms with Crippen molar-refractivity contribution in [2.75, 3.05) is 32.6 Å². The van der Waals surface area contributed by atoms with Crippen LogP contribution >= 0.6 is 0 Å². The molecule has 3 aliphatic heterocycles. The second kappa shape index (κ2) is 8.20. The lowest BCUT2D eigenvalue weighted by atomic mass is 9.81. The molecule has 0 amide bonds. The molecule has 0 unspecified atom stereocenters. The van der Waals surface area contributed by atoms with Crippen LogP contribution in [0.1, 0.15) is 21.6 Å². The molecule has 0 radical (unpaired) electrons. The van der Waals surface area contributed by atoms with Crippen LogP contribution in [0, 0.1) is 0 Å². The monoisotopic (exact) mass is 578 g/mol. The first-order chi connectivity index (χ1) is 21.6. The number of nitrogens with zero attached hydrogens (tertiary/aromatic N) is 2. The Labute approximate surface area is 250 Å². The van der Waals surface area contributed by atoms with Gasteiger partial charge >= 0.3 is 0 Å². The van der Waals surface area contributed by atoms with Gasteiger partial charge < -0.3 is 28.6 Å². The Kier molecular flexibility index (Phi) is 4.43. The van der Waals surface area contributed by atoms with Gasteiger partial charge in [-0.3, -0.25) is 9.78 Å². The van der Waals surface area contributed by atoms with E-state index >= 15 is 0 Å². The van der Waals surface area contributed by atoms with Gasteiger partial charge in [-0.05, 0) is 46.2 Å². The number of aromatic nitrogens is 1. The Bertz CT molecular complexity index is 2380. The Morgan fingerprint density at radius 3 is 2.41 bits per heavy atom. The van der Waals surface area contributed by atoms with Gasteiger partial charge in [0.1, 0.15) is 11.4 Å². The summed E-state index contributed by atoms with van der Waals surface area (Å²) in [6, 6.07) is 17.7. The van der Waals surface area contributed by atoms with Gasteiger partial charge in [0.15, 0.2) is 23.0 Å². The third-order valence-electron chi connectivity index (χ3n) is 9.20. The smallest absolute Gasteiger partial charge is 0.231 e. The van der Waals surface area contributed by atoms with E-state index in [1.807, 2.05) is 61.8 Å². The highest BCUT2D eigenvalue weighted by Crippen LogP contribution is 2.58. The SMILES string of the molecule is COc1cccc2c1c(-c1cnc3c4c(c5c(cc14)OCO5)-c1ccccc1C3=O)c1c3c(cc4c(c32)OCO4)C=CN1C. The largest absolute Gasteiger partial charge is 0.496 e. The summed E-state index contributed by atoms with van der Waals surface area (Å²) >= 11 is 0. The molecule has 6 aromatic rings. The van der Waals surface area contributed by atoms with E-state index in [0.717, 1.165) is 77.3 Å². The quantitative estimate of drug-likeness (QED) is 0.198. The average Bonchev–Trinajstić information content (AvgIpc) is 3.73. The molecular weight excluding hydrogens is 556 g/mol. The highest BCUT2D eigenvalue weighted by molar-refractivity contribution is 6.31. The van der Waals surface area contributed by atoms with Crippen LogP contribution in [0.3, 0.4) is 0 Å². The van der Waals surface area contributed by atoms with Crippen LogP contribution in [-0.2, 0) is 0 Å². The van der Waals surface area contributed by atoms with E-state index < -0.39 is 0 Å². The number of carbonyl (C=O) groups is 1. The minimum Gasteiger partial charge on any atom is -0.496 e. The average molecular weight is 579 g/mol. The predicted octanol–water partition coefficient (Wildman–Crippen LogP) is 7.31. The minimum atomic E-state index is -0.110. The third kappa shape index (κ3) is 2.78. The molecule has 8 nitrogen and oxygen atoms in total. The maximum atomic E-state index is 13.9. The van der Waals surface area contributed by atoms with Crippen LogP contribution in [0.15, 0.2) is 67.0 Å². The maximum absolute atomic E-state index is 13.9. The normalized spacial score (nSPS) is 15.0. The fraction of sp³-hybridized carbons (Fsp3) is 0.111. The second-order valence-corrected chi connectivity index (χ2v) is 11.3. The molecule has 10 rings (SSSR count). The topological polar surface area (TPSA) is 79.3 Å². The van der Waals surface area contributed by atoms with Crippen LogP contribution in [0.5, 0.6) is 28.7 Å². The van der Waals surface area contributed by atoms with Gasteiger partial charge in [0.25, 0.3) is 0 Å². The van der Waals surface area contributed by atoms with Crippen LogP contribution in [0.25, 0.3) is 60.6 Å². The number of ether oxygens (including phenoxy) is 5. The lowest BCUT2D eigenvalue weighted by Gasteiger charge is -2.29. The number of hydrogen-bond donors (Lipinski definition) is 0. The summed E-state index contributed by atoms with van der Waals surface area (Å²) in [5.41, 5.74) is 6.45. The third-order valence-corrected chi connectivity index (χ3v) is 9.20. The first-order valence-electron chi connectivity index (χ1n) is 14.3. The lowest BCUT2D eigenvalue weighted by Crippen LogP contribution is -2.15. The van der Waals surface area contributed by atoms with Crippen molar-refractivity contribution in [2.24, 2.45) is 0 Å². The van der Waals surface area contributed by atoms with Gasteiger partial charge in [-0.15, -0.1) is 0 Å². The van der Waals surface area contributed by atoms with Gasteiger partial charge in [0.05, 0.1) is 12.8 Å².